The first-order valence-corrected chi connectivity index (χ1v) is 14.3. The zero-order valence-electron chi connectivity index (χ0n) is 24.7. The molecule has 1 atom stereocenters. The second-order valence-corrected chi connectivity index (χ2v) is 12.0. The van der Waals surface area contributed by atoms with E-state index in [1.54, 1.807) is 36.4 Å². The van der Waals surface area contributed by atoms with E-state index >= 15 is 0 Å². The van der Waals surface area contributed by atoms with Crippen LogP contribution in [0.5, 0.6) is 0 Å². The van der Waals surface area contributed by atoms with Gasteiger partial charge in [0.15, 0.2) is 6.10 Å². The second kappa shape index (κ2) is 11.9. The number of aliphatic hydroxyl groups excluding tert-OH is 1. The monoisotopic (exact) mass is 598 g/mol. The molecule has 3 aromatic rings. The van der Waals surface area contributed by atoms with Gasteiger partial charge in [0.2, 0.25) is 0 Å². The minimum absolute atomic E-state index is 0.0548. The number of amides is 5. The number of nitrogens with zero attached hydrogens (tertiary/aromatic N) is 2. The maximum Gasteiger partial charge on any atom is 0.334 e. The minimum atomic E-state index is -1.71. The smallest absolute Gasteiger partial charge is 0.334 e. The Morgan fingerprint density at radius 3 is 2.16 bits per heavy atom. The Kier molecular flexibility index (Phi) is 8.25. The molecule has 0 saturated heterocycles. The molecule has 0 spiro atoms. The lowest BCUT2D eigenvalue weighted by molar-refractivity contribution is -0.146. The van der Waals surface area contributed by atoms with Crippen molar-refractivity contribution in [3.05, 3.63) is 94.5 Å². The molecule has 44 heavy (non-hydrogen) atoms. The van der Waals surface area contributed by atoms with Gasteiger partial charge in [-0.15, -0.1) is 0 Å². The van der Waals surface area contributed by atoms with Crippen LogP contribution in [0.15, 0.2) is 66.7 Å². The van der Waals surface area contributed by atoms with Crippen LogP contribution in [-0.2, 0) is 16.8 Å². The Morgan fingerprint density at radius 2 is 1.57 bits per heavy atom. The SMILES string of the molecule is CC(C)(C)c1ccc(N(Cc2ccc(C(=O)NC[C@@H](O)C(=O)O)cc2)C(=O)Nc2ccc3c(c2)C(=O)N(C2CC2)C3=O)cc1. The molecule has 5 rings (SSSR count). The van der Waals surface area contributed by atoms with Crippen molar-refractivity contribution in [1.82, 2.24) is 10.2 Å². The first-order valence-electron chi connectivity index (χ1n) is 14.3. The van der Waals surface area contributed by atoms with Gasteiger partial charge in [-0.1, -0.05) is 45.0 Å². The van der Waals surface area contributed by atoms with Gasteiger partial charge in [-0.05, 0) is 71.8 Å². The molecule has 11 nitrogen and oxygen atoms in total. The molecule has 0 aromatic heterocycles. The van der Waals surface area contributed by atoms with Crippen LogP contribution in [0.25, 0.3) is 0 Å². The summed E-state index contributed by atoms with van der Waals surface area (Å²) in [5, 5.41) is 23.4. The molecule has 4 N–H and O–H groups in total. The maximum atomic E-state index is 13.7. The number of carboxylic acids is 1. The molecule has 1 aliphatic heterocycles. The Hall–Kier alpha value is -5.03. The molecular weight excluding hydrogens is 564 g/mol. The lowest BCUT2D eigenvalue weighted by Gasteiger charge is -2.25. The first kappa shape index (κ1) is 30.4. The predicted molar refractivity (Wildman–Crippen MR) is 163 cm³/mol. The molecule has 1 saturated carbocycles. The van der Waals surface area contributed by atoms with Crippen LogP contribution in [0.4, 0.5) is 16.2 Å². The third-order valence-corrected chi connectivity index (χ3v) is 7.67. The number of carboxylic acid groups (broad SMARTS) is 1. The Labute approximate surface area is 254 Å². The summed E-state index contributed by atoms with van der Waals surface area (Å²) >= 11 is 0. The molecule has 0 bridgehead atoms. The number of aliphatic hydroxyl groups is 1. The van der Waals surface area contributed by atoms with E-state index in [1.807, 2.05) is 24.3 Å². The van der Waals surface area contributed by atoms with Crippen LogP contribution < -0.4 is 15.5 Å². The Bertz CT molecular complexity index is 1620. The van der Waals surface area contributed by atoms with Crippen molar-refractivity contribution >= 4 is 41.1 Å². The Morgan fingerprint density at radius 1 is 0.932 bits per heavy atom. The first-order chi connectivity index (χ1) is 20.8. The number of fused-ring (bicyclic) bond motifs is 1. The molecule has 3 aromatic carbocycles. The summed E-state index contributed by atoms with van der Waals surface area (Å²) in [4.78, 5) is 65.4. The second-order valence-electron chi connectivity index (χ2n) is 12.0. The highest BCUT2D eigenvalue weighted by Crippen LogP contribution is 2.35. The van der Waals surface area contributed by atoms with Crippen LogP contribution in [-0.4, -0.2) is 63.5 Å². The van der Waals surface area contributed by atoms with E-state index in [0.29, 0.717) is 22.5 Å². The van der Waals surface area contributed by atoms with Gasteiger partial charge in [-0.2, -0.15) is 0 Å². The molecule has 2 aliphatic rings. The van der Waals surface area contributed by atoms with E-state index < -0.39 is 30.6 Å². The number of anilines is 2. The van der Waals surface area contributed by atoms with Gasteiger partial charge in [0.25, 0.3) is 17.7 Å². The standard InChI is InChI=1S/C33H34N4O7/c1-33(2,3)21-8-11-23(12-9-21)36(18-19-4-6-20(7-5-19)28(39)34-17-27(38)31(42)43)32(44)35-22-10-15-25-26(16-22)30(41)37(29(25)40)24-13-14-24/h4-12,15-16,24,27,38H,13-14,17-18H2,1-3H3,(H,34,39)(H,35,44)(H,42,43)/t27-/m1/s1. The lowest BCUT2D eigenvalue weighted by Crippen LogP contribution is -2.36. The van der Waals surface area contributed by atoms with Crippen LogP contribution >= 0.6 is 0 Å². The zero-order chi connectivity index (χ0) is 31.8. The molecule has 228 valence electrons. The number of aliphatic carboxylic acids is 1. The van der Waals surface area contributed by atoms with Gasteiger partial charge >= 0.3 is 12.0 Å². The van der Waals surface area contributed by atoms with E-state index in [0.717, 1.165) is 18.4 Å². The lowest BCUT2D eigenvalue weighted by atomic mass is 9.87. The van der Waals surface area contributed by atoms with Gasteiger partial charge in [0.05, 0.1) is 24.2 Å². The molecular formula is C33H34N4O7. The summed E-state index contributed by atoms with van der Waals surface area (Å²) in [7, 11) is 0. The van der Waals surface area contributed by atoms with Crippen LogP contribution in [0.1, 0.15) is 75.8 Å². The fraction of sp³-hybridized carbons (Fsp3) is 0.303. The third kappa shape index (κ3) is 6.47. The number of hydrogen-bond donors (Lipinski definition) is 4. The zero-order valence-corrected chi connectivity index (χ0v) is 24.7. The van der Waals surface area contributed by atoms with Crippen LogP contribution in [0, 0.1) is 0 Å². The fourth-order valence-electron chi connectivity index (χ4n) is 4.94. The topological polar surface area (TPSA) is 156 Å². The minimum Gasteiger partial charge on any atom is -0.479 e. The molecule has 11 heteroatoms. The summed E-state index contributed by atoms with van der Waals surface area (Å²) in [6.45, 7) is 5.98. The number of nitrogens with one attached hydrogen (secondary N) is 2. The van der Waals surface area contributed by atoms with E-state index in [4.69, 9.17) is 5.11 Å². The highest BCUT2D eigenvalue weighted by atomic mass is 16.4. The molecule has 5 amide bonds. The molecule has 0 radical (unpaired) electrons. The molecule has 1 fully saturated rings. The highest BCUT2D eigenvalue weighted by Gasteiger charge is 2.44. The van der Waals surface area contributed by atoms with Crippen LogP contribution in [0.2, 0.25) is 0 Å². The van der Waals surface area contributed by atoms with Crippen molar-refractivity contribution in [2.45, 2.75) is 57.7 Å². The molecule has 1 heterocycles. The Balaban J connectivity index is 1.36. The number of benzene rings is 3. The van der Waals surface area contributed by atoms with Crippen molar-refractivity contribution < 1.29 is 34.2 Å². The van der Waals surface area contributed by atoms with Crippen molar-refractivity contribution in [2.24, 2.45) is 0 Å². The van der Waals surface area contributed by atoms with Gasteiger partial charge in [0, 0.05) is 23.0 Å². The largest absolute Gasteiger partial charge is 0.479 e. The van der Waals surface area contributed by atoms with Crippen molar-refractivity contribution in [2.75, 3.05) is 16.8 Å². The van der Waals surface area contributed by atoms with Crippen molar-refractivity contribution in [1.29, 1.82) is 0 Å². The number of hydrogen-bond acceptors (Lipinski definition) is 6. The summed E-state index contributed by atoms with van der Waals surface area (Å²) in [6.07, 6.45) is -0.105. The fourth-order valence-corrected chi connectivity index (χ4v) is 4.94. The number of urea groups is 1. The summed E-state index contributed by atoms with van der Waals surface area (Å²) in [5.74, 6) is -2.63. The van der Waals surface area contributed by atoms with E-state index in [-0.39, 0.29) is 40.9 Å². The molecule has 0 unspecified atom stereocenters. The summed E-state index contributed by atoms with van der Waals surface area (Å²) in [5.41, 5.74) is 3.55. The highest BCUT2D eigenvalue weighted by molar-refractivity contribution is 6.22. The summed E-state index contributed by atoms with van der Waals surface area (Å²) < 4.78 is 0. The number of imide groups is 1. The predicted octanol–water partition coefficient (Wildman–Crippen LogP) is 4.16. The van der Waals surface area contributed by atoms with Gasteiger partial charge in [0.1, 0.15) is 0 Å². The average Bonchev–Trinajstić information content (AvgIpc) is 3.79. The van der Waals surface area contributed by atoms with Crippen molar-refractivity contribution in [3.8, 4) is 0 Å². The number of carbonyl (C=O) groups excluding carboxylic acids is 4. The van der Waals surface area contributed by atoms with Crippen molar-refractivity contribution in [3.63, 3.8) is 0 Å². The van der Waals surface area contributed by atoms with Gasteiger partial charge in [-0.3, -0.25) is 24.2 Å². The number of carbonyl (C=O) groups is 5. The molecule has 1 aliphatic carbocycles. The van der Waals surface area contributed by atoms with Gasteiger partial charge in [-0.25, -0.2) is 9.59 Å². The normalized spacial score (nSPS) is 15.0. The van der Waals surface area contributed by atoms with E-state index in [1.165, 1.54) is 15.9 Å². The van der Waals surface area contributed by atoms with E-state index in [9.17, 15) is 29.1 Å². The summed E-state index contributed by atoms with van der Waals surface area (Å²) in [6, 6.07) is 18.3. The van der Waals surface area contributed by atoms with E-state index in [2.05, 4.69) is 31.4 Å². The maximum absolute atomic E-state index is 13.7. The van der Waals surface area contributed by atoms with Crippen LogP contribution in [0.3, 0.4) is 0 Å². The number of rotatable bonds is 9. The average molecular weight is 599 g/mol. The van der Waals surface area contributed by atoms with Gasteiger partial charge < -0.3 is 20.8 Å². The quantitative estimate of drug-likeness (QED) is 0.270. The third-order valence-electron chi connectivity index (χ3n) is 7.67.